The van der Waals surface area contributed by atoms with Crippen LogP contribution >= 0.6 is 11.6 Å². The number of aliphatic hydroxyl groups excluding tert-OH is 2. The summed E-state index contributed by atoms with van der Waals surface area (Å²) in [5.74, 6) is 1.52. The van der Waals surface area contributed by atoms with Gasteiger partial charge in [0.25, 0.3) is 0 Å². The van der Waals surface area contributed by atoms with Crippen LogP contribution in [0, 0.1) is 17.7 Å². The molecular weight excluding hydrogens is 534 g/mol. The highest BCUT2D eigenvalue weighted by molar-refractivity contribution is 6.33. The first kappa shape index (κ1) is 29.6. The van der Waals surface area contributed by atoms with Crippen LogP contribution < -0.4 is 15.0 Å². The Hall–Kier alpha value is -3.41. The van der Waals surface area contributed by atoms with Gasteiger partial charge in [0.05, 0.1) is 16.3 Å². The van der Waals surface area contributed by atoms with Crippen LogP contribution in [0.2, 0.25) is 5.02 Å². The fourth-order valence-corrected chi connectivity index (χ4v) is 5.55. The van der Waals surface area contributed by atoms with E-state index >= 15 is 0 Å². The first-order valence-corrected chi connectivity index (χ1v) is 13.5. The molecule has 1 aromatic heterocycles. The Morgan fingerprint density at radius 1 is 1.25 bits per heavy atom. The minimum Gasteiger partial charge on any atom is -0.512 e. The number of aromatic nitrogens is 2. The molecule has 1 aromatic carbocycles. The number of anilines is 1. The third kappa shape index (κ3) is 5.86. The van der Waals surface area contributed by atoms with Gasteiger partial charge in [-0.1, -0.05) is 11.6 Å². The second-order valence-electron chi connectivity index (χ2n) is 11.0. The number of likely N-dealkylation sites (N-methyl/N-ethyl adjacent to an activating group) is 1. The van der Waals surface area contributed by atoms with Gasteiger partial charge in [-0.05, 0) is 46.0 Å². The predicted octanol–water partition coefficient (Wildman–Crippen LogP) is 3.20. The number of likely N-dealkylation sites (tertiary alicyclic amines) is 1. The lowest BCUT2D eigenvalue weighted by Gasteiger charge is -2.60. The first-order chi connectivity index (χ1) is 18.9. The van der Waals surface area contributed by atoms with Gasteiger partial charge in [0.15, 0.2) is 5.82 Å². The summed E-state index contributed by atoms with van der Waals surface area (Å²) < 4.78 is 5.79. The van der Waals surface area contributed by atoms with Crippen molar-refractivity contribution in [1.29, 1.82) is 5.41 Å². The molecule has 0 radical (unpaired) electrons. The molecule has 4 rings (SSSR count). The summed E-state index contributed by atoms with van der Waals surface area (Å²) in [4.78, 5) is 27.6. The minimum absolute atomic E-state index is 0.00943. The second kappa shape index (κ2) is 11.6. The zero-order valence-electron chi connectivity index (χ0n) is 23.9. The fourth-order valence-electron chi connectivity index (χ4n) is 5.34. The maximum Gasteiger partial charge on any atom is 0.319 e. The van der Waals surface area contributed by atoms with Gasteiger partial charge in [-0.3, -0.25) is 0 Å². The number of benzene rings is 1. The lowest BCUT2D eigenvalue weighted by atomic mass is 9.73. The molecule has 0 saturated carbocycles. The quantitative estimate of drug-likeness (QED) is 0.266. The van der Waals surface area contributed by atoms with Crippen molar-refractivity contribution in [2.75, 3.05) is 65.4 Å². The van der Waals surface area contributed by atoms with Crippen LogP contribution in [0.1, 0.15) is 25.1 Å². The summed E-state index contributed by atoms with van der Waals surface area (Å²) in [5.41, 5.74) is 2.27. The summed E-state index contributed by atoms with van der Waals surface area (Å²) in [5, 5.41) is 32.2. The zero-order valence-corrected chi connectivity index (χ0v) is 24.6. The van der Waals surface area contributed by atoms with Gasteiger partial charge in [-0.25, -0.2) is 14.8 Å². The number of hydrogen-bond donors (Lipinski definition) is 4. The van der Waals surface area contributed by atoms with Crippen molar-refractivity contribution in [2.24, 2.45) is 5.41 Å². The smallest absolute Gasteiger partial charge is 0.319 e. The van der Waals surface area contributed by atoms with Crippen LogP contribution in [0.15, 0.2) is 24.0 Å². The van der Waals surface area contributed by atoms with Gasteiger partial charge in [0.2, 0.25) is 0 Å². The molecule has 2 aromatic rings. The largest absolute Gasteiger partial charge is 0.512 e. The normalized spacial score (nSPS) is 17.1. The number of hydrogen-bond acceptors (Lipinski definition) is 9. The Balaban J connectivity index is 1.69. The molecule has 3 heterocycles. The molecule has 2 aliphatic heterocycles. The van der Waals surface area contributed by atoms with E-state index in [0.29, 0.717) is 58.9 Å². The fraction of sp³-hybridized carbons (Fsp3) is 0.500. The number of nitrogens with zero attached hydrogens (tertiary/aromatic N) is 5. The van der Waals surface area contributed by atoms with Crippen LogP contribution in [-0.2, 0) is 0 Å². The molecule has 11 nitrogen and oxygen atoms in total. The number of carbonyl (C=O) groups is 1. The molecule has 0 bridgehead atoms. The van der Waals surface area contributed by atoms with E-state index in [0.717, 1.165) is 18.7 Å². The van der Waals surface area contributed by atoms with Gasteiger partial charge >= 0.3 is 6.03 Å². The highest BCUT2D eigenvalue weighted by Gasteiger charge is 2.54. The van der Waals surface area contributed by atoms with Crippen molar-refractivity contribution < 1.29 is 19.7 Å². The number of nitrogens with one attached hydrogen (secondary N) is 2. The average Bonchev–Trinajstić information content (AvgIpc) is 2.83. The van der Waals surface area contributed by atoms with E-state index in [4.69, 9.17) is 31.7 Å². The minimum atomic E-state index is -0.678. The topological polar surface area (TPSA) is 138 Å². The van der Waals surface area contributed by atoms with Crippen molar-refractivity contribution in [3.63, 3.8) is 0 Å². The molecule has 0 unspecified atom stereocenters. The van der Waals surface area contributed by atoms with Gasteiger partial charge in [-0.2, -0.15) is 0 Å². The predicted molar refractivity (Wildman–Crippen MR) is 157 cm³/mol. The summed E-state index contributed by atoms with van der Waals surface area (Å²) in [6, 6.07) is 5.15. The van der Waals surface area contributed by atoms with E-state index in [1.807, 2.05) is 11.8 Å². The highest BCUT2D eigenvalue weighted by Crippen LogP contribution is 2.44. The lowest BCUT2D eigenvalue weighted by molar-refractivity contribution is -0.000566. The molecule has 40 heavy (non-hydrogen) atoms. The maximum absolute atomic E-state index is 12.3. The third-order valence-corrected chi connectivity index (χ3v) is 7.54. The number of halogens is 1. The Morgan fingerprint density at radius 2 is 1.93 bits per heavy atom. The molecule has 0 aliphatic carbocycles. The number of aliphatic hydroxyl groups is 2. The van der Waals surface area contributed by atoms with E-state index in [9.17, 15) is 15.0 Å². The number of urea groups is 1. The van der Waals surface area contributed by atoms with Crippen LogP contribution in [0.4, 0.5) is 10.6 Å². The summed E-state index contributed by atoms with van der Waals surface area (Å²) in [6.45, 7) is 8.35. The lowest BCUT2D eigenvalue weighted by Crippen LogP contribution is -2.74. The molecule has 1 spiro atoms. The number of rotatable bonds is 9. The number of carbonyl (C=O) groups excluding carboxylic acids is 1. The Bertz CT molecular complexity index is 1330. The van der Waals surface area contributed by atoms with Gasteiger partial charge in [-0.15, -0.1) is 0 Å². The number of allylic oxidation sites excluding steroid dienone is 2. The summed E-state index contributed by atoms with van der Waals surface area (Å²) in [7, 11) is 5.26. The van der Waals surface area contributed by atoms with Crippen molar-refractivity contribution in [1.82, 2.24) is 25.1 Å². The number of amides is 2. The van der Waals surface area contributed by atoms with Crippen molar-refractivity contribution in [2.45, 2.75) is 26.9 Å². The standard InChI is InChI=1S/C28H38ClN7O4/c1-16-24(23(17(2)30)18(3)37)32-25(21-9-20(7-8-22(21)29)40-11-19(38)10-31-4)33-26(16)35-12-28(13-35)14-36(15-28)27(39)34(5)6/h7-9,19,30-31,37-38H,10-15H2,1-6H3/b23-18+,30-17?/t19-/m1/s1. The maximum atomic E-state index is 12.3. The van der Waals surface area contributed by atoms with Gasteiger partial charge in [0, 0.05) is 69.1 Å². The summed E-state index contributed by atoms with van der Waals surface area (Å²) >= 11 is 6.61. The molecule has 2 aliphatic rings. The van der Waals surface area contributed by atoms with Gasteiger partial charge in [0.1, 0.15) is 30.0 Å². The van der Waals surface area contributed by atoms with Gasteiger partial charge < -0.3 is 40.4 Å². The molecular formula is C28H38ClN7O4. The Labute approximate surface area is 239 Å². The molecule has 4 N–H and O–H groups in total. The third-order valence-electron chi connectivity index (χ3n) is 7.21. The summed E-state index contributed by atoms with van der Waals surface area (Å²) in [6.07, 6.45) is -0.678. The molecule has 1 atom stereocenters. The average molecular weight is 572 g/mol. The van der Waals surface area contributed by atoms with Crippen molar-refractivity contribution in [3.05, 3.63) is 40.2 Å². The Kier molecular flexibility index (Phi) is 8.57. The first-order valence-electron chi connectivity index (χ1n) is 13.2. The van der Waals surface area contributed by atoms with E-state index < -0.39 is 6.10 Å². The van der Waals surface area contributed by atoms with Crippen LogP contribution in [-0.4, -0.2) is 108 Å². The van der Waals surface area contributed by atoms with E-state index in [-0.39, 0.29) is 29.5 Å². The Morgan fingerprint density at radius 3 is 2.50 bits per heavy atom. The van der Waals surface area contributed by atoms with E-state index in [1.165, 1.54) is 6.92 Å². The highest BCUT2D eigenvalue weighted by atomic mass is 35.5. The molecule has 2 amide bonds. The van der Waals surface area contributed by atoms with E-state index in [1.54, 1.807) is 51.2 Å². The van der Waals surface area contributed by atoms with Crippen LogP contribution in [0.3, 0.4) is 0 Å². The number of ether oxygens (including phenoxy) is 1. The molecule has 216 valence electrons. The molecule has 2 saturated heterocycles. The van der Waals surface area contributed by atoms with Crippen molar-refractivity contribution in [3.8, 4) is 17.1 Å². The van der Waals surface area contributed by atoms with Crippen LogP contribution in [0.25, 0.3) is 17.0 Å². The van der Waals surface area contributed by atoms with E-state index in [2.05, 4.69) is 10.2 Å². The van der Waals surface area contributed by atoms with Crippen LogP contribution in [0.5, 0.6) is 5.75 Å². The monoisotopic (exact) mass is 571 g/mol. The molecule has 12 heteroatoms. The second-order valence-corrected chi connectivity index (χ2v) is 11.4. The SMILES string of the molecule is CNC[C@@H](O)COc1ccc(Cl)c(-c2nc(/C(C(C)=N)=C(\C)O)c(C)c(N3CC4(CN(C(=O)N(C)C)C4)C3)n2)c1. The van der Waals surface area contributed by atoms with Crippen molar-refractivity contribution >= 4 is 34.7 Å². The molecule has 2 fully saturated rings. The zero-order chi connectivity index (χ0) is 29.4.